The summed E-state index contributed by atoms with van der Waals surface area (Å²) in [6.45, 7) is 1.55. The Labute approximate surface area is 142 Å². The quantitative estimate of drug-likeness (QED) is 0.0785. The molecule has 1 fully saturated rings. The van der Waals surface area contributed by atoms with Crippen molar-refractivity contribution in [1.29, 1.82) is 0 Å². The van der Waals surface area contributed by atoms with Crippen LogP contribution in [0.25, 0.3) is 11.2 Å². The van der Waals surface area contributed by atoms with Gasteiger partial charge in [-0.2, -0.15) is 0 Å². The Bertz CT molecular complexity index is 668. The fourth-order valence-corrected chi connectivity index (χ4v) is 7.68. The molecule has 8 heteroatoms. The van der Waals surface area contributed by atoms with Gasteiger partial charge in [-0.05, 0) is 0 Å². The molecule has 1 saturated heterocycles. The van der Waals surface area contributed by atoms with Gasteiger partial charge in [0.05, 0.1) is 0 Å². The molecular weight excluding hydrogens is 504 g/mol. The van der Waals surface area contributed by atoms with E-state index in [1.54, 1.807) is 18.2 Å². The van der Waals surface area contributed by atoms with Crippen molar-refractivity contribution in [1.82, 2.24) is 3.53 Å². The second-order valence-corrected chi connectivity index (χ2v) is 10.4. The summed E-state index contributed by atoms with van der Waals surface area (Å²) in [6, 6.07) is 5.15. The fourth-order valence-electron chi connectivity index (χ4n) is 1.77. The number of hydrogen-bond acceptors (Lipinski definition) is 6. The molecule has 0 amide bonds. The number of nitrogens with one attached hydrogen (secondary N) is 1. The summed E-state index contributed by atoms with van der Waals surface area (Å²) in [5, 5.41) is 0. The number of carbonyl (C=O) groups is 2. The number of carbonyl (C=O) groups excluding carboxylic acids is 2. The number of halogens is 2. The molecule has 2 aromatic heterocycles. The first kappa shape index (κ1) is 15.3. The van der Waals surface area contributed by atoms with E-state index in [-0.39, 0.29) is 59.3 Å². The number of fused-ring (bicyclic) bond motifs is 2. The van der Waals surface area contributed by atoms with Crippen LogP contribution < -0.4 is 51.0 Å². The predicted molar refractivity (Wildman–Crippen MR) is 65.2 cm³/mol. The topological polar surface area (TPSA) is 87.7 Å². The molecule has 0 saturated carbocycles. The normalized spacial score (nSPS) is 20.8. The zero-order valence-electron chi connectivity index (χ0n) is 11.3. The van der Waals surface area contributed by atoms with Crippen molar-refractivity contribution in [3.63, 3.8) is 0 Å². The van der Waals surface area contributed by atoms with Gasteiger partial charge in [0.15, 0.2) is 0 Å². The summed E-state index contributed by atoms with van der Waals surface area (Å²) >= 11 is -0.397. The van der Waals surface area contributed by atoms with E-state index < -0.39 is 9.39 Å². The summed E-state index contributed by atoms with van der Waals surface area (Å²) in [5.41, 5.74) is 1.16. The Morgan fingerprint density at radius 3 is 2.81 bits per heavy atom. The van der Waals surface area contributed by atoms with Gasteiger partial charge in [-0.15, -0.1) is 0 Å². The summed E-state index contributed by atoms with van der Waals surface area (Å²) in [5.74, 6) is -0.527. The fraction of sp³-hybridized carbons (Fsp3) is 0.385. The number of rotatable bonds is 6. The van der Waals surface area contributed by atoms with Crippen LogP contribution in [0.15, 0.2) is 22.6 Å². The van der Waals surface area contributed by atoms with E-state index in [0.717, 1.165) is 0 Å². The second-order valence-electron chi connectivity index (χ2n) is 4.61. The van der Waals surface area contributed by atoms with Gasteiger partial charge in [-0.3, -0.25) is 0 Å². The van der Waals surface area contributed by atoms with E-state index in [4.69, 9.17) is 13.9 Å². The molecule has 1 aliphatic heterocycles. The van der Waals surface area contributed by atoms with Crippen LogP contribution in [0.3, 0.4) is 0 Å². The maximum atomic E-state index is 12.2. The second kappa shape index (κ2) is 5.88. The van der Waals surface area contributed by atoms with Crippen molar-refractivity contribution in [3.05, 3.63) is 18.2 Å². The minimum atomic E-state index is -0.595. The van der Waals surface area contributed by atoms with Crippen molar-refractivity contribution in [3.8, 4) is 5.75 Å². The van der Waals surface area contributed by atoms with Gasteiger partial charge < -0.3 is 0 Å². The van der Waals surface area contributed by atoms with Gasteiger partial charge in [0, 0.05) is 0 Å². The first-order valence-electron chi connectivity index (χ1n) is 6.11. The average Bonchev–Trinajstić information content (AvgIpc) is 3.15. The van der Waals surface area contributed by atoms with Gasteiger partial charge >= 0.3 is 143 Å². The molecule has 3 rings (SSSR count). The Balaban J connectivity index is 1.53. The van der Waals surface area contributed by atoms with Crippen LogP contribution in [-0.4, -0.2) is 30.9 Å². The Kier molecular flexibility index (Phi) is 4.28. The van der Waals surface area contributed by atoms with Crippen molar-refractivity contribution in [2.45, 2.75) is 14.4 Å². The Morgan fingerprint density at radius 2 is 2.29 bits per heavy atom. The maximum absolute atomic E-state index is 12.2. The summed E-state index contributed by atoms with van der Waals surface area (Å²) in [4.78, 5) is 26.0. The van der Waals surface area contributed by atoms with Crippen molar-refractivity contribution in [2.75, 3.05) is 11.5 Å². The van der Waals surface area contributed by atoms with Crippen LogP contribution in [-0.2, 0) is 14.3 Å². The first-order valence-corrected chi connectivity index (χ1v) is 11.7. The molecule has 21 heavy (non-hydrogen) atoms. The molecule has 2 atom stereocenters. The van der Waals surface area contributed by atoms with Crippen LogP contribution in [0.2, 0.25) is 0 Å². The average molecular weight is 517 g/mol. The van der Waals surface area contributed by atoms with Crippen molar-refractivity contribution in [2.24, 2.45) is 0 Å². The van der Waals surface area contributed by atoms with Gasteiger partial charge in [0.25, 0.3) is 0 Å². The number of esters is 2. The number of benzene rings is 1. The minimum absolute atomic E-state index is 0.0769. The first-order chi connectivity index (χ1) is 10.0. The van der Waals surface area contributed by atoms with Gasteiger partial charge in [-0.25, -0.2) is 0 Å². The Hall–Kier alpha value is -0.620. The third kappa shape index (κ3) is 3.11. The van der Waals surface area contributed by atoms with Crippen LogP contribution >= 0.6 is 0 Å². The van der Waals surface area contributed by atoms with Crippen molar-refractivity contribution >= 4 is 23.1 Å². The zero-order valence-corrected chi connectivity index (χ0v) is 15.6. The predicted octanol–water partition coefficient (Wildman–Crippen LogP) is -5.27. The molecule has 116 valence electrons. The molecule has 3 heterocycles. The van der Waals surface area contributed by atoms with Gasteiger partial charge in [-0.1, -0.05) is 0 Å². The monoisotopic (exact) mass is 517 g/mol. The standard InChI is InChI=1S/C13H13I2NO5/c1-13(14-2,11-15-16-11)12(18)19-6-10(17)21-9-5-7-3-4-8(9)20-7/h3-5,11,16H,6H2,1-2H3/q-2. The molecule has 2 unspecified atom stereocenters. The van der Waals surface area contributed by atoms with Crippen molar-refractivity contribution < 1.29 is 66.2 Å². The molecule has 2 bridgehead atoms. The van der Waals surface area contributed by atoms with Crippen LogP contribution in [0.5, 0.6) is 5.75 Å². The van der Waals surface area contributed by atoms with E-state index in [1.165, 1.54) is 0 Å². The summed E-state index contributed by atoms with van der Waals surface area (Å²) < 4.78 is 18.6. The van der Waals surface area contributed by atoms with E-state index in [0.29, 0.717) is 16.9 Å². The molecule has 0 spiro atoms. The van der Waals surface area contributed by atoms with Crippen LogP contribution in [0.4, 0.5) is 0 Å². The van der Waals surface area contributed by atoms with Crippen LogP contribution in [0.1, 0.15) is 6.92 Å². The molecule has 0 aliphatic carbocycles. The molecule has 0 aromatic carbocycles. The Morgan fingerprint density at radius 1 is 1.52 bits per heavy atom. The molecule has 6 nitrogen and oxygen atoms in total. The molecule has 0 radical (unpaired) electrons. The van der Waals surface area contributed by atoms with E-state index >= 15 is 0 Å². The molecule has 2 aromatic rings. The molecular formula is C13H13I2NO5-2. The molecule has 1 N–H and O–H groups in total. The third-order valence-electron chi connectivity index (χ3n) is 3.17. The number of hydrogen-bond donors (Lipinski definition) is 1. The summed E-state index contributed by atoms with van der Waals surface area (Å²) in [6.07, 6.45) is 0. The van der Waals surface area contributed by atoms with Crippen LogP contribution in [0, 0.1) is 0 Å². The number of furan rings is 2. The van der Waals surface area contributed by atoms with E-state index in [9.17, 15) is 9.59 Å². The van der Waals surface area contributed by atoms with E-state index in [2.05, 4.69) is 8.46 Å². The van der Waals surface area contributed by atoms with Gasteiger partial charge in [0.1, 0.15) is 0 Å². The SMILES string of the molecule is C[I-]C(C)(C(=O)OCC(=O)Oc1cc2ccc1o2)C1N[I-]1. The zero-order chi connectivity index (χ0) is 15.0. The molecule has 1 aliphatic rings. The third-order valence-corrected chi connectivity index (χ3v) is 10.2. The summed E-state index contributed by atoms with van der Waals surface area (Å²) in [7, 11) is 0. The number of alkyl halides is 3. The van der Waals surface area contributed by atoms with E-state index in [1.807, 2.05) is 6.92 Å². The van der Waals surface area contributed by atoms with Gasteiger partial charge in [0.2, 0.25) is 0 Å². The number of ether oxygens (including phenoxy) is 2.